The molecule has 2 atom stereocenters. The molecule has 3 rings (SSSR count). The van der Waals surface area contributed by atoms with Gasteiger partial charge in [0.25, 0.3) is 5.91 Å². The zero-order chi connectivity index (χ0) is 14.1. The molecule has 0 saturated carbocycles. The molecular formula is C15H12BrFN2O. The number of carbonyl (C=O) groups is 1. The summed E-state index contributed by atoms with van der Waals surface area (Å²) in [6.45, 7) is 0. The van der Waals surface area contributed by atoms with E-state index in [1.807, 2.05) is 18.2 Å². The molecule has 0 spiro atoms. The van der Waals surface area contributed by atoms with Crippen molar-refractivity contribution in [1.29, 1.82) is 0 Å². The zero-order valence-corrected chi connectivity index (χ0v) is 12.1. The lowest BCUT2D eigenvalue weighted by Crippen LogP contribution is -2.31. The van der Waals surface area contributed by atoms with Gasteiger partial charge in [-0.3, -0.25) is 9.78 Å². The van der Waals surface area contributed by atoms with Gasteiger partial charge >= 0.3 is 0 Å². The van der Waals surface area contributed by atoms with Crippen molar-refractivity contribution in [3.05, 3.63) is 65.2 Å². The highest BCUT2D eigenvalue weighted by Gasteiger charge is 2.31. The van der Waals surface area contributed by atoms with E-state index in [1.54, 1.807) is 0 Å². The minimum atomic E-state index is -0.514. The number of pyridine rings is 1. The number of rotatable bonds is 2. The highest BCUT2D eigenvalue weighted by Crippen LogP contribution is 2.35. The second-order valence-electron chi connectivity index (χ2n) is 4.76. The van der Waals surface area contributed by atoms with Crippen LogP contribution in [0.25, 0.3) is 0 Å². The van der Waals surface area contributed by atoms with Crippen molar-refractivity contribution in [2.24, 2.45) is 0 Å². The largest absolute Gasteiger partial charge is 0.344 e. The summed E-state index contributed by atoms with van der Waals surface area (Å²) in [5.74, 6) is -0.831. The lowest BCUT2D eigenvalue weighted by molar-refractivity contribution is 0.0937. The van der Waals surface area contributed by atoms with Gasteiger partial charge in [-0.15, -0.1) is 0 Å². The second-order valence-corrected chi connectivity index (χ2v) is 5.94. The third-order valence-electron chi connectivity index (χ3n) is 3.42. The smallest absolute Gasteiger partial charge is 0.253 e. The van der Waals surface area contributed by atoms with Gasteiger partial charge in [0.2, 0.25) is 0 Å². The number of aromatic nitrogens is 1. The number of fused-ring (bicyclic) bond motifs is 1. The highest BCUT2D eigenvalue weighted by molar-refractivity contribution is 9.09. The van der Waals surface area contributed by atoms with Crippen LogP contribution in [0.1, 0.15) is 27.5 Å². The fourth-order valence-electron chi connectivity index (χ4n) is 2.48. The highest BCUT2D eigenvalue weighted by atomic mass is 79.9. The van der Waals surface area contributed by atoms with Gasteiger partial charge in [0.05, 0.1) is 17.8 Å². The molecule has 1 aromatic heterocycles. The Bertz CT molecular complexity index is 662. The molecular weight excluding hydrogens is 323 g/mol. The van der Waals surface area contributed by atoms with E-state index >= 15 is 0 Å². The molecule has 1 aliphatic carbocycles. The maximum Gasteiger partial charge on any atom is 0.253 e. The standard InChI is InChI=1S/C15H12BrFN2O/c16-13-6-9-3-1-2-4-12(9)14(13)19-15(20)10-5-11(17)8-18-7-10/h1-5,7-8,13-14H,6H2,(H,19,20). The number of carbonyl (C=O) groups excluding carboxylic acids is 1. The molecule has 20 heavy (non-hydrogen) atoms. The predicted octanol–water partition coefficient (Wildman–Crippen LogP) is 3.01. The summed E-state index contributed by atoms with van der Waals surface area (Å²) in [5, 5.41) is 2.94. The first-order valence-electron chi connectivity index (χ1n) is 6.28. The maximum absolute atomic E-state index is 13.1. The fourth-order valence-corrected chi connectivity index (χ4v) is 3.24. The lowest BCUT2D eigenvalue weighted by Gasteiger charge is -2.17. The molecule has 0 bridgehead atoms. The van der Waals surface area contributed by atoms with Crippen molar-refractivity contribution in [2.45, 2.75) is 17.3 Å². The molecule has 2 aromatic rings. The van der Waals surface area contributed by atoms with Gasteiger partial charge < -0.3 is 5.32 Å². The predicted molar refractivity (Wildman–Crippen MR) is 77.3 cm³/mol. The van der Waals surface area contributed by atoms with Crippen molar-refractivity contribution >= 4 is 21.8 Å². The van der Waals surface area contributed by atoms with Crippen LogP contribution in [-0.4, -0.2) is 15.7 Å². The maximum atomic E-state index is 13.1. The van der Waals surface area contributed by atoms with Crippen molar-refractivity contribution in [2.75, 3.05) is 0 Å². The van der Waals surface area contributed by atoms with Crippen LogP contribution in [0, 0.1) is 5.82 Å². The summed E-state index contributed by atoms with van der Waals surface area (Å²) in [7, 11) is 0. The Morgan fingerprint density at radius 2 is 2.15 bits per heavy atom. The first-order chi connectivity index (χ1) is 9.65. The summed E-state index contributed by atoms with van der Waals surface area (Å²) < 4.78 is 13.1. The molecule has 0 radical (unpaired) electrons. The summed E-state index contributed by atoms with van der Waals surface area (Å²) in [5.41, 5.74) is 2.55. The Morgan fingerprint density at radius 1 is 1.35 bits per heavy atom. The Labute approximate surface area is 124 Å². The Kier molecular flexibility index (Phi) is 3.53. The number of halogens is 2. The lowest BCUT2D eigenvalue weighted by atomic mass is 10.1. The molecule has 1 N–H and O–H groups in total. The van der Waals surface area contributed by atoms with Crippen molar-refractivity contribution in [3.8, 4) is 0 Å². The van der Waals surface area contributed by atoms with Crippen LogP contribution in [0.15, 0.2) is 42.7 Å². The zero-order valence-electron chi connectivity index (χ0n) is 10.5. The quantitative estimate of drug-likeness (QED) is 0.858. The Morgan fingerprint density at radius 3 is 2.95 bits per heavy atom. The van der Waals surface area contributed by atoms with Gasteiger partial charge in [-0.05, 0) is 23.6 Å². The molecule has 0 saturated heterocycles. The molecule has 2 unspecified atom stereocenters. The number of nitrogens with one attached hydrogen (secondary N) is 1. The molecule has 1 amide bonds. The summed E-state index contributed by atoms with van der Waals surface area (Å²) in [4.78, 5) is 16.0. The normalized spacial score (nSPS) is 20.5. The van der Waals surface area contributed by atoms with Crippen molar-refractivity contribution in [3.63, 3.8) is 0 Å². The third kappa shape index (κ3) is 2.45. The molecule has 1 heterocycles. The van der Waals surface area contributed by atoms with Crippen LogP contribution < -0.4 is 5.32 Å². The topological polar surface area (TPSA) is 42.0 Å². The van der Waals surface area contributed by atoms with Gasteiger partial charge in [0.15, 0.2) is 0 Å². The average molecular weight is 335 g/mol. The second kappa shape index (κ2) is 5.32. The van der Waals surface area contributed by atoms with Gasteiger partial charge in [-0.25, -0.2) is 4.39 Å². The van der Waals surface area contributed by atoms with Gasteiger partial charge in [-0.2, -0.15) is 0 Å². The first-order valence-corrected chi connectivity index (χ1v) is 7.20. The van der Waals surface area contributed by atoms with Crippen LogP contribution >= 0.6 is 15.9 Å². The minimum Gasteiger partial charge on any atom is -0.344 e. The van der Waals surface area contributed by atoms with Crippen LogP contribution in [0.2, 0.25) is 0 Å². The fraction of sp³-hybridized carbons (Fsp3) is 0.200. The van der Waals surface area contributed by atoms with E-state index in [4.69, 9.17) is 0 Å². The average Bonchev–Trinajstić information content (AvgIpc) is 2.75. The van der Waals surface area contributed by atoms with Crippen molar-refractivity contribution in [1.82, 2.24) is 10.3 Å². The molecule has 5 heteroatoms. The molecule has 3 nitrogen and oxygen atoms in total. The van der Waals surface area contributed by atoms with E-state index < -0.39 is 5.82 Å². The first kappa shape index (κ1) is 13.2. The molecule has 0 fully saturated rings. The number of benzene rings is 1. The van der Waals surface area contributed by atoms with Crippen LogP contribution in [0.5, 0.6) is 0 Å². The van der Waals surface area contributed by atoms with Gasteiger partial charge in [0, 0.05) is 11.0 Å². The Hall–Kier alpha value is -1.75. The SMILES string of the molecule is O=C(NC1c2ccccc2CC1Br)c1cncc(F)c1. The summed E-state index contributed by atoms with van der Waals surface area (Å²) in [6, 6.07) is 9.07. The number of alkyl halides is 1. The molecule has 102 valence electrons. The number of nitrogens with zero attached hydrogens (tertiary/aromatic N) is 1. The van der Waals surface area contributed by atoms with Gasteiger partial charge in [0.1, 0.15) is 5.82 Å². The summed E-state index contributed by atoms with van der Waals surface area (Å²) >= 11 is 3.60. The number of hydrogen-bond donors (Lipinski definition) is 1. The molecule has 1 aromatic carbocycles. The molecule has 1 aliphatic rings. The van der Waals surface area contributed by atoms with Gasteiger partial charge in [-0.1, -0.05) is 40.2 Å². The van der Waals surface area contributed by atoms with Crippen molar-refractivity contribution < 1.29 is 9.18 Å². The van der Waals surface area contributed by atoms with Crippen LogP contribution in [0.3, 0.4) is 0 Å². The van der Waals surface area contributed by atoms with E-state index in [0.717, 1.165) is 18.2 Å². The van der Waals surface area contributed by atoms with E-state index in [2.05, 4.69) is 32.3 Å². The number of hydrogen-bond acceptors (Lipinski definition) is 2. The Balaban J connectivity index is 1.83. The van der Waals surface area contributed by atoms with Crippen LogP contribution in [0.4, 0.5) is 4.39 Å². The molecule has 0 aliphatic heterocycles. The number of amides is 1. The van der Waals surface area contributed by atoms with E-state index in [-0.39, 0.29) is 22.3 Å². The van der Waals surface area contributed by atoms with E-state index in [1.165, 1.54) is 17.8 Å². The minimum absolute atomic E-state index is 0.109. The van der Waals surface area contributed by atoms with E-state index in [9.17, 15) is 9.18 Å². The summed E-state index contributed by atoms with van der Waals surface area (Å²) in [6.07, 6.45) is 3.31. The third-order valence-corrected chi connectivity index (χ3v) is 4.27. The van der Waals surface area contributed by atoms with E-state index in [0.29, 0.717) is 0 Å². The van der Waals surface area contributed by atoms with Crippen LogP contribution in [-0.2, 0) is 6.42 Å². The monoisotopic (exact) mass is 334 g/mol.